The van der Waals surface area contributed by atoms with Crippen LogP contribution >= 0.6 is 0 Å². The Hall–Kier alpha value is -2.76. The number of sulfonamides is 2. The molecule has 0 bridgehead atoms. The summed E-state index contributed by atoms with van der Waals surface area (Å²) in [7, 11) is -8.96. The smallest absolute Gasteiger partial charge is 0.335 e. The largest absolute Gasteiger partial charge is 0.478 e. The van der Waals surface area contributed by atoms with Crippen LogP contribution in [0.2, 0.25) is 0 Å². The summed E-state index contributed by atoms with van der Waals surface area (Å²) in [6.07, 6.45) is 0. The molecule has 2 rings (SSSR count). The second-order valence-corrected chi connectivity index (χ2v) is 8.37. The van der Waals surface area contributed by atoms with Gasteiger partial charge in [0.25, 0.3) is 20.0 Å². The molecule has 132 valence electrons. The molecule has 2 aromatic carbocycles. The lowest BCUT2D eigenvalue weighted by Crippen LogP contribution is -2.30. The maximum Gasteiger partial charge on any atom is 0.335 e. The van der Waals surface area contributed by atoms with Gasteiger partial charge in [-0.3, -0.25) is 0 Å². The highest BCUT2D eigenvalue weighted by atomic mass is 32.3. The Balaban J connectivity index is 2.31. The van der Waals surface area contributed by atoms with Crippen molar-refractivity contribution in [2.24, 2.45) is 0 Å². The Kier molecular flexibility index (Phi) is 4.92. The molecule has 0 heterocycles. The molecule has 0 aromatic heterocycles. The first-order valence-electron chi connectivity index (χ1n) is 6.48. The average Bonchev–Trinajstić information content (AvgIpc) is 2.54. The van der Waals surface area contributed by atoms with Crippen LogP contribution in [0.1, 0.15) is 20.7 Å². The molecule has 11 heteroatoms. The molecule has 0 radical (unpaired) electrons. The highest BCUT2D eigenvalue weighted by molar-refractivity contribution is 8.04. The van der Waals surface area contributed by atoms with Crippen molar-refractivity contribution in [3.05, 3.63) is 59.7 Å². The summed E-state index contributed by atoms with van der Waals surface area (Å²) >= 11 is 0. The number of hydrogen-bond donors (Lipinski definition) is 3. The van der Waals surface area contributed by atoms with Crippen molar-refractivity contribution >= 4 is 32.0 Å². The predicted molar refractivity (Wildman–Crippen MR) is 84.3 cm³/mol. The third-order valence-corrected chi connectivity index (χ3v) is 6.58. The van der Waals surface area contributed by atoms with Gasteiger partial charge in [-0.1, -0.05) is 0 Å². The third kappa shape index (κ3) is 4.21. The molecule has 3 N–H and O–H groups in total. The number of aromatic carboxylic acids is 2. The van der Waals surface area contributed by atoms with E-state index in [4.69, 9.17) is 10.2 Å². The minimum absolute atomic E-state index is 0.161. The van der Waals surface area contributed by atoms with Gasteiger partial charge in [0, 0.05) is 0 Å². The van der Waals surface area contributed by atoms with E-state index in [0.717, 1.165) is 48.5 Å². The predicted octanol–water partition coefficient (Wildman–Crippen LogP) is 0.750. The van der Waals surface area contributed by atoms with E-state index in [1.54, 1.807) is 0 Å². The monoisotopic (exact) mass is 385 g/mol. The summed E-state index contributed by atoms with van der Waals surface area (Å²) in [5.41, 5.74) is -0.322. The highest BCUT2D eigenvalue weighted by Gasteiger charge is 2.25. The fourth-order valence-electron chi connectivity index (χ4n) is 1.79. The van der Waals surface area contributed by atoms with Crippen LogP contribution in [0.25, 0.3) is 0 Å². The van der Waals surface area contributed by atoms with Crippen molar-refractivity contribution in [2.45, 2.75) is 9.79 Å². The van der Waals surface area contributed by atoms with Gasteiger partial charge in [-0.2, -0.15) is 0 Å². The van der Waals surface area contributed by atoms with E-state index < -0.39 is 41.8 Å². The Bertz CT molecular complexity index is 938. The van der Waals surface area contributed by atoms with Crippen molar-refractivity contribution < 1.29 is 36.6 Å². The minimum atomic E-state index is -4.48. The van der Waals surface area contributed by atoms with Gasteiger partial charge in [0.05, 0.1) is 20.9 Å². The van der Waals surface area contributed by atoms with Crippen molar-refractivity contribution in [2.75, 3.05) is 0 Å². The van der Waals surface area contributed by atoms with Crippen molar-refractivity contribution in [3.8, 4) is 0 Å². The van der Waals surface area contributed by atoms with Crippen LogP contribution in [-0.2, 0) is 20.0 Å². The van der Waals surface area contributed by atoms with E-state index in [1.807, 2.05) is 0 Å². The van der Waals surface area contributed by atoms with Gasteiger partial charge in [0.1, 0.15) is 0 Å². The molecular formula is C14H11NO8S2. The van der Waals surface area contributed by atoms with Crippen LogP contribution in [-0.4, -0.2) is 39.0 Å². The molecule has 0 atom stereocenters. The molecule has 0 amide bonds. The summed E-state index contributed by atoms with van der Waals surface area (Å²) in [6, 6.07) is 7.89. The molecule has 0 aliphatic heterocycles. The van der Waals surface area contributed by atoms with Crippen LogP contribution in [0, 0.1) is 0 Å². The lowest BCUT2D eigenvalue weighted by atomic mass is 10.2. The summed E-state index contributed by atoms with van der Waals surface area (Å²) in [6.45, 7) is 0. The summed E-state index contributed by atoms with van der Waals surface area (Å²) in [5, 5.41) is 17.5. The molecule has 0 unspecified atom stereocenters. The normalized spacial score (nSPS) is 11.8. The molecule has 2 aromatic rings. The maximum absolute atomic E-state index is 12.1. The number of carboxylic acids is 2. The SMILES string of the molecule is O=C(O)c1ccc(S(=O)(=O)NS(=O)(=O)c2ccc(C(=O)O)cc2)cc1. The van der Waals surface area contributed by atoms with Crippen molar-refractivity contribution in [1.29, 1.82) is 0 Å². The van der Waals surface area contributed by atoms with Crippen LogP contribution in [0.5, 0.6) is 0 Å². The van der Waals surface area contributed by atoms with E-state index in [9.17, 15) is 26.4 Å². The van der Waals surface area contributed by atoms with Gasteiger partial charge in [0.2, 0.25) is 0 Å². The Labute approximate surface area is 142 Å². The second-order valence-electron chi connectivity index (χ2n) is 4.75. The third-order valence-electron chi connectivity index (χ3n) is 3.04. The first kappa shape index (κ1) is 18.6. The van der Waals surface area contributed by atoms with Gasteiger partial charge in [0.15, 0.2) is 0 Å². The van der Waals surface area contributed by atoms with Crippen LogP contribution < -0.4 is 4.13 Å². The van der Waals surface area contributed by atoms with E-state index in [-0.39, 0.29) is 11.1 Å². The zero-order chi connectivity index (χ0) is 18.8. The summed E-state index contributed by atoms with van der Waals surface area (Å²) < 4.78 is 50.1. The molecule has 0 spiro atoms. The van der Waals surface area contributed by atoms with Gasteiger partial charge in [-0.15, -0.1) is 4.13 Å². The Morgan fingerprint density at radius 1 is 0.640 bits per heavy atom. The first-order chi connectivity index (χ1) is 11.5. The van der Waals surface area contributed by atoms with E-state index >= 15 is 0 Å². The van der Waals surface area contributed by atoms with Gasteiger partial charge in [-0.25, -0.2) is 26.4 Å². The zero-order valence-electron chi connectivity index (χ0n) is 12.3. The molecule has 0 aliphatic carbocycles. The van der Waals surface area contributed by atoms with Crippen molar-refractivity contribution in [3.63, 3.8) is 0 Å². The lowest BCUT2D eigenvalue weighted by Gasteiger charge is -2.08. The van der Waals surface area contributed by atoms with E-state index in [1.165, 1.54) is 4.13 Å². The standard InChI is InChI=1S/C14H11NO8S2/c16-13(17)9-1-5-11(6-2-9)24(20,21)15-25(22,23)12-7-3-10(4-8-12)14(18)19/h1-8,15H,(H,16,17)(H,18,19). The Morgan fingerprint density at radius 2 is 0.920 bits per heavy atom. The Morgan fingerprint density at radius 3 is 1.16 bits per heavy atom. The fourth-order valence-corrected chi connectivity index (χ4v) is 4.71. The molecule has 25 heavy (non-hydrogen) atoms. The number of carbonyl (C=O) groups is 2. The quantitative estimate of drug-likeness (QED) is 0.658. The molecule has 0 aliphatic rings. The number of rotatable bonds is 6. The van der Waals surface area contributed by atoms with Gasteiger partial charge in [-0.05, 0) is 48.5 Å². The maximum atomic E-state index is 12.1. The topological polar surface area (TPSA) is 155 Å². The second kappa shape index (κ2) is 6.63. The lowest BCUT2D eigenvalue weighted by molar-refractivity contribution is 0.0686. The highest BCUT2D eigenvalue weighted by Crippen LogP contribution is 2.16. The zero-order valence-corrected chi connectivity index (χ0v) is 13.9. The number of nitrogens with one attached hydrogen (secondary N) is 1. The van der Waals surface area contributed by atoms with Crippen LogP contribution in [0.4, 0.5) is 0 Å². The molecule has 0 saturated heterocycles. The summed E-state index contributed by atoms with van der Waals surface area (Å²) in [4.78, 5) is 20.6. The molecular weight excluding hydrogens is 374 g/mol. The molecule has 0 saturated carbocycles. The average molecular weight is 385 g/mol. The summed E-state index contributed by atoms with van der Waals surface area (Å²) in [5.74, 6) is -2.52. The van der Waals surface area contributed by atoms with Gasteiger partial charge >= 0.3 is 11.9 Å². The first-order valence-corrected chi connectivity index (χ1v) is 9.45. The van der Waals surface area contributed by atoms with Gasteiger partial charge < -0.3 is 10.2 Å². The van der Waals surface area contributed by atoms with Crippen LogP contribution in [0.3, 0.4) is 0 Å². The number of benzene rings is 2. The minimum Gasteiger partial charge on any atom is -0.478 e. The number of hydrogen-bond acceptors (Lipinski definition) is 6. The molecule has 9 nitrogen and oxygen atoms in total. The number of carboxylic acid groups (broad SMARTS) is 2. The van der Waals surface area contributed by atoms with Crippen molar-refractivity contribution in [1.82, 2.24) is 4.13 Å². The van der Waals surface area contributed by atoms with E-state index in [0.29, 0.717) is 0 Å². The van der Waals surface area contributed by atoms with E-state index in [2.05, 4.69) is 0 Å². The fraction of sp³-hybridized carbons (Fsp3) is 0. The van der Waals surface area contributed by atoms with Crippen LogP contribution in [0.15, 0.2) is 58.3 Å². The molecule has 0 fully saturated rings.